The van der Waals surface area contributed by atoms with Crippen molar-refractivity contribution in [1.82, 2.24) is 0 Å². The Kier molecular flexibility index (Phi) is 54.2. The van der Waals surface area contributed by atoms with Gasteiger partial charge in [0, 0.05) is 12.8 Å². The van der Waals surface area contributed by atoms with Crippen LogP contribution in [0.2, 0.25) is 0 Å². The van der Waals surface area contributed by atoms with Gasteiger partial charge >= 0.3 is 17.9 Å². The normalized spacial score (nSPS) is 12.6. The molecule has 0 rings (SSSR count). The molecular weight excluding hydrogens is 899 g/mol. The van der Waals surface area contributed by atoms with Gasteiger partial charge in [-0.3, -0.25) is 9.59 Å². The van der Waals surface area contributed by atoms with E-state index >= 15 is 0 Å². The van der Waals surface area contributed by atoms with Gasteiger partial charge in [-0.05, 0) is 12.8 Å². The lowest BCUT2D eigenvalue weighted by Crippen LogP contribution is -2.40. The lowest BCUT2D eigenvalue weighted by Gasteiger charge is -2.25. The zero-order valence-electron chi connectivity index (χ0n) is 48.9. The molecule has 0 bridgehead atoms. The van der Waals surface area contributed by atoms with E-state index in [2.05, 4.69) is 13.8 Å². The van der Waals surface area contributed by atoms with Crippen LogP contribution in [0.5, 0.6) is 0 Å². The van der Waals surface area contributed by atoms with Crippen molar-refractivity contribution in [2.45, 2.75) is 341 Å². The van der Waals surface area contributed by atoms with Gasteiger partial charge in [0.05, 0.1) is 34.4 Å². The number of likely N-dealkylation sites (N-methyl/N-ethyl adjacent to an activating group) is 1. The molecule has 0 fully saturated rings. The number of carboxylic acid groups (broad SMARTS) is 1. The van der Waals surface area contributed by atoms with Crippen molar-refractivity contribution in [3.8, 4) is 0 Å². The van der Waals surface area contributed by atoms with Crippen LogP contribution in [0.4, 0.5) is 0 Å². The van der Waals surface area contributed by atoms with Crippen molar-refractivity contribution in [2.75, 3.05) is 47.5 Å². The van der Waals surface area contributed by atoms with Crippen molar-refractivity contribution in [3.05, 3.63) is 0 Å². The maximum absolute atomic E-state index is 12.9. The molecule has 0 amide bonds. The Morgan fingerprint density at radius 3 is 0.889 bits per heavy atom. The third-order valence-corrected chi connectivity index (χ3v) is 14.6. The highest BCUT2D eigenvalue weighted by atomic mass is 16.7. The van der Waals surface area contributed by atoms with Gasteiger partial charge in [-0.1, -0.05) is 303 Å². The maximum Gasteiger partial charge on any atom is 0.361 e. The van der Waals surface area contributed by atoms with Crippen molar-refractivity contribution < 1.29 is 42.9 Å². The predicted molar refractivity (Wildman–Crippen MR) is 305 cm³/mol. The predicted octanol–water partition coefficient (Wildman–Crippen LogP) is 18.7. The smallest absolute Gasteiger partial charge is 0.361 e. The summed E-state index contributed by atoms with van der Waals surface area (Å²) in [6.07, 6.45) is 60.7. The first-order valence-electron chi connectivity index (χ1n) is 31.7. The van der Waals surface area contributed by atoms with Crippen LogP contribution >= 0.6 is 0 Å². The van der Waals surface area contributed by atoms with Gasteiger partial charge in [-0.2, -0.15) is 0 Å². The van der Waals surface area contributed by atoms with E-state index in [-0.39, 0.29) is 38.2 Å². The van der Waals surface area contributed by atoms with Crippen LogP contribution < -0.4 is 0 Å². The number of carboxylic acids is 1. The molecule has 2 unspecified atom stereocenters. The molecule has 0 aromatic rings. The second-order valence-electron chi connectivity index (χ2n) is 23.1. The highest BCUT2D eigenvalue weighted by Gasteiger charge is 2.25. The molecule has 0 aliphatic carbocycles. The second-order valence-corrected chi connectivity index (χ2v) is 23.1. The Morgan fingerprint density at radius 1 is 0.361 bits per heavy atom. The molecule has 0 radical (unpaired) electrons. The Hall–Kier alpha value is -1.71. The Balaban J connectivity index is 3.99. The molecule has 0 saturated carbocycles. The van der Waals surface area contributed by atoms with E-state index in [9.17, 15) is 19.5 Å². The van der Waals surface area contributed by atoms with Gasteiger partial charge in [0.2, 0.25) is 0 Å². The minimum Gasteiger partial charge on any atom is -0.477 e. The summed E-state index contributed by atoms with van der Waals surface area (Å²) in [4.78, 5) is 37.4. The van der Waals surface area contributed by atoms with Gasteiger partial charge in [0.1, 0.15) is 13.2 Å². The summed E-state index contributed by atoms with van der Waals surface area (Å²) in [5, 5.41) is 9.70. The summed E-state index contributed by atoms with van der Waals surface area (Å²) in [5.74, 6) is -1.97. The molecule has 9 heteroatoms. The number of unbranched alkanes of at least 4 members (excludes halogenated alkanes) is 45. The molecule has 0 spiro atoms. The van der Waals surface area contributed by atoms with E-state index in [0.29, 0.717) is 17.4 Å². The monoisotopic (exact) mass is 1020 g/mol. The fourth-order valence-electron chi connectivity index (χ4n) is 9.72. The first-order valence-corrected chi connectivity index (χ1v) is 31.7. The number of nitrogens with zero attached hydrogens (tertiary/aromatic N) is 1. The zero-order valence-corrected chi connectivity index (χ0v) is 48.9. The summed E-state index contributed by atoms with van der Waals surface area (Å²) in [5.41, 5.74) is 0. The minimum absolute atomic E-state index is 0.173. The number of carbonyl (C=O) groups excluding carboxylic acids is 2. The van der Waals surface area contributed by atoms with Gasteiger partial charge in [-0.25, -0.2) is 4.79 Å². The summed E-state index contributed by atoms with van der Waals surface area (Å²) in [6, 6.07) is 0. The largest absolute Gasteiger partial charge is 0.477 e. The molecule has 0 aromatic heterocycles. The van der Waals surface area contributed by atoms with E-state index in [4.69, 9.17) is 18.9 Å². The van der Waals surface area contributed by atoms with Crippen LogP contribution in [0.15, 0.2) is 0 Å². The molecule has 0 aromatic carbocycles. The molecule has 0 saturated heterocycles. The lowest BCUT2D eigenvalue weighted by molar-refractivity contribution is -0.870. The fraction of sp³-hybridized carbons (Fsp3) is 0.952. The van der Waals surface area contributed by atoms with E-state index < -0.39 is 18.4 Å². The minimum atomic E-state index is -1.50. The van der Waals surface area contributed by atoms with Crippen LogP contribution in [-0.2, 0) is 33.3 Å². The van der Waals surface area contributed by atoms with E-state index in [0.717, 1.165) is 38.5 Å². The van der Waals surface area contributed by atoms with Gasteiger partial charge in [0.15, 0.2) is 6.10 Å². The van der Waals surface area contributed by atoms with Gasteiger partial charge in [0.25, 0.3) is 6.29 Å². The summed E-state index contributed by atoms with van der Waals surface area (Å²) < 4.78 is 22.9. The SMILES string of the molecule is CCCCCCCCCCCCCCCCCCCCCCCCCCCCCCCCCCCC(=O)OC(COC(=O)CCCCCCCCCCCCCCCC)COC(OCC[N+](C)(C)C)C(=O)O. The average molecular weight is 1020 g/mol. The molecule has 2 atom stereocenters. The highest BCUT2D eigenvalue weighted by Crippen LogP contribution is 2.19. The first kappa shape index (κ1) is 70.3. The molecule has 0 aliphatic heterocycles. The van der Waals surface area contributed by atoms with Gasteiger partial charge < -0.3 is 28.5 Å². The van der Waals surface area contributed by atoms with Crippen molar-refractivity contribution in [2.24, 2.45) is 0 Å². The second kappa shape index (κ2) is 55.5. The Labute approximate surface area is 447 Å². The lowest BCUT2D eigenvalue weighted by atomic mass is 10.0. The van der Waals surface area contributed by atoms with Crippen LogP contribution in [0.1, 0.15) is 328 Å². The van der Waals surface area contributed by atoms with Crippen LogP contribution in [0, 0.1) is 0 Å². The molecular formula is C63H124NO8+. The topological polar surface area (TPSA) is 108 Å². The zero-order chi connectivity index (χ0) is 52.7. The number of hydrogen-bond acceptors (Lipinski definition) is 7. The summed E-state index contributed by atoms with van der Waals surface area (Å²) in [6.45, 7) is 4.94. The molecule has 0 aliphatic rings. The quantitative estimate of drug-likeness (QED) is 0.0278. The van der Waals surface area contributed by atoms with Gasteiger partial charge in [-0.15, -0.1) is 0 Å². The fourth-order valence-corrected chi connectivity index (χ4v) is 9.72. The summed E-state index contributed by atoms with van der Waals surface area (Å²) in [7, 11) is 5.98. The van der Waals surface area contributed by atoms with E-state index in [1.54, 1.807) is 0 Å². The third kappa shape index (κ3) is 56.0. The standard InChI is InChI=1S/C63H123NO8/c1-6-8-10-12-14-16-18-20-22-23-24-25-26-27-28-29-30-31-32-33-34-35-36-37-38-39-40-42-44-46-48-50-52-54-61(66)72-59(58-71-63(62(67)68)69-56-55-64(3,4)5)57-70-60(65)53-51-49-47-45-43-41-21-19-17-15-13-11-9-7-2/h59,63H,6-58H2,1-5H3/p+1. The number of aliphatic carboxylic acids is 1. The Bertz CT molecular complexity index is 1140. The van der Waals surface area contributed by atoms with Crippen molar-refractivity contribution in [1.29, 1.82) is 0 Å². The third-order valence-electron chi connectivity index (χ3n) is 14.6. The van der Waals surface area contributed by atoms with Crippen molar-refractivity contribution >= 4 is 17.9 Å². The molecule has 428 valence electrons. The number of quaternary nitrogens is 1. The number of rotatable bonds is 60. The summed E-state index contributed by atoms with van der Waals surface area (Å²) >= 11 is 0. The number of ether oxygens (including phenoxy) is 4. The van der Waals surface area contributed by atoms with Crippen molar-refractivity contribution in [3.63, 3.8) is 0 Å². The maximum atomic E-state index is 12.9. The van der Waals surface area contributed by atoms with Crippen LogP contribution in [0.3, 0.4) is 0 Å². The molecule has 72 heavy (non-hydrogen) atoms. The average Bonchev–Trinajstić information content (AvgIpc) is 3.35. The van der Waals surface area contributed by atoms with E-state index in [1.165, 1.54) is 263 Å². The molecule has 0 heterocycles. The number of hydrogen-bond donors (Lipinski definition) is 1. The van der Waals surface area contributed by atoms with E-state index in [1.807, 2.05) is 21.1 Å². The molecule has 1 N–H and O–H groups in total. The highest BCUT2D eigenvalue weighted by molar-refractivity contribution is 5.71. The first-order chi connectivity index (χ1) is 35.1. The molecule has 9 nitrogen and oxygen atoms in total. The number of carbonyl (C=O) groups is 3. The van der Waals surface area contributed by atoms with Crippen LogP contribution in [0.25, 0.3) is 0 Å². The van der Waals surface area contributed by atoms with Crippen LogP contribution in [-0.4, -0.2) is 87.4 Å². The number of esters is 2. The Morgan fingerprint density at radius 2 is 0.625 bits per heavy atom.